The molecule has 0 saturated carbocycles. The number of rotatable bonds is 0. The van der Waals surface area contributed by atoms with Crippen molar-refractivity contribution in [3.63, 3.8) is 0 Å². The van der Waals surface area contributed by atoms with Crippen LogP contribution in [0.25, 0.3) is 113 Å². The summed E-state index contributed by atoms with van der Waals surface area (Å²) in [5.74, 6) is 1.96. The number of nitrogens with zero attached hydrogens (tertiary/aromatic N) is 4. The van der Waals surface area contributed by atoms with E-state index in [1.807, 2.05) is 113 Å². The highest BCUT2D eigenvalue weighted by molar-refractivity contribution is 7.30. The van der Waals surface area contributed by atoms with E-state index in [-0.39, 0.29) is 82.9 Å². The van der Waals surface area contributed by atoms with Gasteiger partial charge in [-0.2, -0.15) is 8.75 Å². The highest BCUT2D eigenvalue weighted by atomic mass is 32.1. The first-order chi connectivity index (χ1) is 59.0. The van der Waals surface area contributed by atoms with Crippen LogP contribution in [0.1, 0.15) is 338 Å². The number of aromatic nitrogens is 4. The monoisotopic (exact) mass is 1960 g/mol. The van der Waals surface area contributed by atoms with Crippen molar-refractivity contribution in [3.05, 3.63) is 162 Å². The van der Waals surface area contributed by atoms with Gasteiger partial charge in [0.15, 0.2) is 11.5 Å². The van der Waals surface area contributed by atoms with E-state index in [0.29, 0.717) is 10.8 Å². The molecule has 2 atom stereocenters. The zero-order valence-corrected chi connectivity index (χ0v) is 95.3. The molecule has 3 aromatic carbocycles. The van der Waals surface area contributed by atoms with Crippen LogP contribution in [0.15, 0.2) is 75.6 Å². The summed E-state index contributed by atoms with van der Waals surface area (Å²) < 4.78 is 37.1. The molecule has 0 radical (unpaired) electrons. The fraction of sp³-hybridized carbons (Fsp3) is 0.523. The molecule has 20 heteroatoms. The molecule has 15 heterocycles. The lowest BCUT2D eigenvalue weighted by Gasteiger charge is -2.31. The minimum Gasteiger partial charge on any atom is -0.482 e. The molecule has 0 fully saturated rings. The van der Waals surface area contributed by atoms with E-state index in [0.717, 1.165) is 36.8 Å². The highest BCUT2D eigenvalue weighted by Gasteiger charge is 2.40. The summed E-state index contributed by atoms with van der Waals surface area (Å²) in [4.78, 5) is 41.8. The van der Waals surface area contributed by atoms with E-state index in [4.69, 9.17) is 9.47 Å². The van der Waals surface area contributed by atoms with Gasteiger partial charge in [-0.05, 0) is 172 Å². The Morgan fingerprint density at radius 1 is 0.318 bits per heavy atom. The van der Waals surface area contributed by atoms with Gasteiger partial charge in [-0.25, -0.2) is 0 Å². The van der Waals surface area contributed by atoms with Gasteiger partial charge in [-0.15, -0.1) is 125 Å². The van der Waals surface area contributed by atoms with Crippen LogP contribution in [0.5, 0.6) is 11.5 Å². The molecule has 0 aliphatic carbocycles. The molecule has 0 amide bonds. The van der Waals surface area contributed by atoms with E-state index in [9.17, 15) is 9.59 Å². The van der Waals surface area contributed by atoms with Crippen molar-refractivity contribution in [3.8, 4) is 11.5 Å². The summed E-state index contributed by atoms with van der Waals surface area (Å²) in [6, 6.07) is 22.9. The minimum atomic E-state index is -0.216. The van der Waals surface area contributed by atoms with Gasteiger partial charge in [-0.1, -0.05) is 261 Å². The highest BCUT2D eigenvalue weighted by Crippen LogP contribution is 2.57. The molecule has 0 spiro atoms. The van der Waals surface area contributed by atoms with Crippen molar-refractivity contribution in [1.82, 2.24) is 17.9 Å². The van der Waals surface area contributed by atoms with Crippen molar-refractivity contribution in [2.45, 2.75) is 362 Å². The number of fused-ring (bicyclic) bond motifs is 20. The fourth-order valence-electron chi connectivity index (χ4n) is 15.4. The van der Waals surface area contributed by atoms with Crippen molar-refractivity contribution < 1.29 is 9.47 Å². The Bertz CT molecular complexity index is 6890. The molecule has 8 nitrogen and oxygen atoms in total. The lowest BCUT2D eigenvalue weighted by atomic mass is 9.90. The maximum atomic E-state index is 12.5. The number of hydrogen-bond acceptors (Lipinski definition) is 18. The Kier molecular flexibility index (Phi) is 28.6. The zero-order chi connectivity index (χ0) is 96.3. The Balaban J connectivity index is 0.000000140. The number of hydrogen-bond donors (Lipinski definition) is 0. The van der Waals surface area contributed by atoms with Crippen LogP contribution in [0.2, 0.25) is 0 Å². The standard InChI is InChI=1S/C24H28S2.C18H20N2S3.C17H23NS2.C16H26O2S.C16H24S2.C15H15NO2S2.C3H8/c1-13-9-15-16(10-14(13)2)18-12-20(24(6,7)8)26-22(18)21-17(15)11-19(25-21)23(3,4)5;1-17(2,3)11-7-9-13-14(20-23-19-13)10-8-12(18(4,5)6)22-16(10)15(9)21-11;1-16(2,3)12-8-10-14(19-12)15-11(18(10)7)9-13(20-15)17(4,5)6;1-9-10(2)18-12-11(17-9)13(15(3,4)5)19-14(12)16(6,7)8;1-9-10(2)17-12-11(9)13(15(3,4)5)18-14(12)16(6,7)8;1-15(2,3)10-7-9-12(20-10)11-8(5-6-19-11)13(17)16(4)14(9)18;1-3-2/h9-12H,1-8H3;7-8H,1-6H3;8-9H,1-7H3;9-10H,1-8H3;1-8H3;5-7H,1-4H3;3H2,1-2H3. The third-order valence-electron chi connectivity index (χ3n) is 23.6. The Labute approximate surface area is 818 Å². The summed E-state index contributed by atoms with van der Waals surface area (Å²) >= 11 is 22.1. The molecular weight excluding hydrogens is 1810 g/mol. The molecule has 0 N–H and O–H groups in total. The van der Waals surface area contributed by atoms with Gasteiger partial charge in [0.05, 0.1) is 80.9 Å². The van der Waals surface area contributed by atoms with E-state index >= 15 is 0 Å². The predicted octanol–water partition coefficient (Wildman–Crippen LogP) is 37.2. The summed E-state index contributed by atoms with van der Waals surface area (Å²) in [7, 11) is 3.75. The predicted molar refractivity (Wildman–Crippen MR) is 593 cm³/mol. The third kappa shape index (κ3) is 20.7. The Morgan fingerprint density at radius 2 is 0.612 bits per heavy atom. The third-order valence-corrected chi connectivity index (χ3v) is 42.0. The van der Waals surface area contributed by atoms with Crippen molar-refractivity contribution in [1.29, 1.82) is 0 Å². The molecule has 1 aliphatic heterocycles. The molecule has 18 rings (SSSR count). The SMILES string of the molecule is CC(C)(C)c1cc2c3nsnc3c3cc(C(C)(C)C)sc3c2s1.CC1Oc2c(C(C)(C)C)sc(C(C)(C)C)c2OC1C.CCC.Cc1cc2c(cc1C)c1cc(C(C)(C)C)sc1c1sc(C(C)(C)C)cc21.Cc1sc2c(C(C)(C)C)sc(C(C)(C)C)c2c1C.Cn1c(=O)c2ccsc2c2sc(C(C)(C)C)cc2c1=O.Cn1c2cc(C(C)(C)C)sc2c2sc(C(C)(C)C)cc21. The number of ether oxygens (including phenoxy) is 2. The minimum absolute atomic E-state index is 0.00283. The number of aryl methyl sites for hydroxylation is 5. The lowest BCUT2D eigenvalue weighted by Crippen LogP contribution is -2.35. The second-order valence-electron chi connectivity index (χ2n) is 47.0. The quantitative estimate of drug-likeness (QED) is 0.150. The second kappa shape index (κ2) is 36.1. The van der Waals surface area contributed by atoms with Crippen LogP contribution in [-0.4, -0.2) is 30.1 Å². The molecule has 129 heavy (non-hydrogen) atoms. The van der Waals surface area contributed by atoms with Gasteiger partial charge in [0, 0.05) is 105 Å². The molecule has 14 aromatic heterocycles. The summed E-state index contributed by atoms with van der Waals surface area (Å²) in [6.45, 7) is 92.5. The van der Waals surface area contributed by atoms with E-state index in [1.165, 1.54) is 171 Å². The first-order valence-corrected chi connectivity index (χ1v) is 55.4. The van der Waals surface area contributed by atoms with Crippen LogP contribution in [0.3, 0.4) is 0 Å². The summed E-state index contributed by atoms with van der Waals surface area (Å²) in [5, 5.41) is 13.0. The van der Waals surface area contributed by atoms with Crippen LogP contribution in [-0.2, 0) is 73.7 Å². The normalized spacial score (nSPS) is 14.7. The van der Waals surface area contributed by atoms with Gasteiger partial charge in [0.1, 0.15) is 23.2 Å². The number of thiophene rings is 11. The van der Waals surface area contributed by atoms with Crippen molar-refractivity contribution in [2.24, 2.45) is 14.1 Å². The van der Waals surface area contributed by atoms with Crippen molar-refractivity contribution in [2.75, 3.05) is 0 Å². The first kappa shape index (κ1) is 102. The fourth-order valence-corrected chi connectivity index (χ4v) is 30.3. The van der Waals surface area contributed by atoms with Crippen LogP contribution < -0.4 is 20.6 Å². The van der Waals surface area contributed by atoms with Gasteiger partial charge < -0.3 is 14.0 Å². The molecule has 696 valence electrons. The summed E-state index contributed by atoms with van der Waals surface area (Å²) in [6.07, 6.45) is 1.46. The van der Waals surface area contributed by atoms with Crippen molar-refractivity contribution >= 4 is 249 Å². The first-order valence-electron chi connectivity index (χ1n) is 45.6. The van der Waals surface area contributed by atoms with Crippen LogP contribution in [0, 0.1) is 27.7 Å². The second-order valence-corrected chi connectivity index (χ2v) is 59.1. The maximum Gasteiger partial charge on any atom is 0.261 e. The zero-order valence-electron chi connectivity index (χ0n) is 85.5. The van der Waals surface area contributed by atoms with Gasteiger partial charge in [0.2, 0.25) is 0 Å². The topological polar surface area (TPSA) is 88.2 Å². The van der Waals surface area contributed by atoms with Gasteiger partial charge >= 0.3 is 0 Å². The summed E-state index contributed by atoms with van der Waals surface area (Å²) in [5.41, 5.74) is 10.6. The van der Waals surface area contributed by atoms with E-state index < -0.39 is 0 Å². The van der Waals surface area contributed by atoms with Crippen LogP contribution >= 0.6 is 136 Å². The molecule has 17 aromatic rings. The Hall–Kier alpha value is -5.72. The number of benzene rings is 3. The van der Waals surface area contributed by atoms with Crippen LogP contribution in [0.4, 0.5) is 0 Å². The average molecular weight is 1960 g/mol. The van der Waals surface area contributed by atoms with Gasteiger partial charge in [0.25, 0.3) is 11.1 Å². The largest absolute Gasteiger partial charge is 0.482 e. The molecular formula is C109H144N4O4S12. The molecule has 1 aliphatic rings. The average Bonchev–Trinajstić information content (AvgIpc) is 1.57. The molecule has 2 unspecified atom stereocenters. The maximum absolute atomic E-state index is 12.5. The van der Waals surface area contributed by atoms with E-state index in [2.05, 4.69) is 353 Å². The van der Waals surface area contributed by atoms with Gasteiger partial charge in [-0.3, -0.25) is 14.2 Å². The lowest BCUT2D eigenvalue weighted by molar-refractivity contribution is 0.0411. The molecule has 0 saturated heterocycles. The van der Waals surface area contributed by atoms with E-state index in [1.54, 1.807) is 39.6 Å². The molecule has 0 bridgehead atoms. The Morgan fingerprint density at radius 3 is 0.953 bits per heavy atom. The smallest absolute Gasteiger partial charge is 0.261 e.